The fourth-order valence-electron chi connectivity index (χ4n) is 2.31. The predicted molar refractivity (Wildman–Crippen MR) is 157 cm³/mol. The minimum absolute atomic E-state index is 0. The monoisotopic (exact) mass is 734 g/mol. The van der Waals surface area contributed by atoms with Crippen LogP contribution in [0.3, 0.4) is 0 Å². The van der Waals surface area contributed by atoms with Crippen LogP contribution in [0, 0.1) is 0 Å². The van der Waals surface area contributed by atoms with Crippen molar-refractivity contribution in [2.75, 3.05) is 0 Å². The predicted octanol–water partition coefficient (Wildman–Crippen LogP) is 0.415. The number of aromatic nitrogens is 6. The van der Waals surface area contributed by atoms with Gasteiger partial charge in [-0.1, -0.05) is 48.5 Å². The van der Waals surface area contributed by atoms with Crippen molar-refractivity contribution in [1.82, 2.24) is 29.9 Å². The summed E-state index contributed by atoms with van der Waals surface area (Å²) >= 11 is 0. The van der Waals surface area contributed by atoms with Gasteiger partial charge in [0.05, 0.1) is 23.3 Å². The van der Waals surface area contributed by atoms with Gasteiger partial charge in [0.15, 0.2) is 0 Å². The zero-order valence-electron chi connectivity index (χ0n) is 24.8. The number of nitrogens with zero attached hydrogens (tertiary/aromatic N) is 6. The van der Waals surface area contributed by atoms with Crippen molar-refractivity contribution in [2.45, 2.75) is 0 Å². The Morgan fingerprint density at radius 1 is 0.417 bits per heavy atom. The summed E-state index contributed by atoms with van der Waals surface area (Å²) in [6.45, 7) is 0. The second-order valence-corrected chi connectivity index (χ2v) is 7.40. The van der Waals surface area contributed by atoms with Crippen LogP contribution in [0.25, 0.3) is 0 Å². The number of aromatic carboxylic acids is 2. The average molecular weight is 734 g/mol. The molecule has 0 spiro atoms. The Hall–Kier alpha value is -5.60. The molecule has 0 saturated carbocycles. The molecule has 6 aromatic heterocycles. The molecule has 6 aromatic rings. The molecule has 14 nitrogen and oxygen atoms in total. The smallest absolute Gasteiger partial charge is 2.00 e. The third-order valence-corrected chi connectivity index (χ3v) is 4.13. The number of carbonyl (C=O) groups excluding carboxylic acids is 2. The molecule has 6 heterocycles. The van der Waals surface area contributed by atoms with Crippen LogP contribution < -0.4 is 20.4 Å². The third kappa shape index (κ3) is 29.1. The normalized spacial score (nSPS) is 7.83. The van der Waals surface area contributed by atoms with Gasteiger partial charge in [-0.25, -0.2) is 0 Å². The van der Waals surface area contributed by atoms with E-state index in [0.29, 0.717) is 0 Å². The molecule has 0 aliphatic carbocycles. The van der Waals surface area contributed by atoms with Crippen molar-refractivity contribution >= 4 is 11.9 Å². The molecule has 0 radical (unpaired) electrons. The molecule has 0 fully saturated rings. The second-order valence-electron chi connectivity index (χ2n) is 7.40. The average Bonchev–Trinajstić information content (AvgIpc) is 3.09. The Morgan fingerprint density at radius 2 is 0.646 bits per heavy atom. The molecule has 0 aliphatic heterocycles. The Balaban J connectivity index is -0.000000242. The number of pyridine rings is 6. The standard InChI is InChI=1S/2C6H5NO3.4C5H5N.2Mn.H2O.O/c2*8-5-3-1-2-4(7-5)6(9)10;4*1-2-4-6-5-3-1;;;;/h2*1-3H,(H,7,8)(H,9,10);4*1-5H;;;1H2;/q;;;;;;2*+3;;-2/p-4. The molecule has 16 heteroatoms. The van der Waals surface area contributed by atoms with E-state index in [1.807, 2.05) is 72.8 Å². The first-order valence-electron chi connectivity index (χ1n) is 12.5. The van der Waals surface area contributed by atoms with Crippen molar-refractivity contribution in [2.24, 2.45) is 0 Å². The summed E-state index contributed by atoms with van der Waals surface area (Å²) in [5, 5.41) is 40.9. The maximum Gasteiger partial charge on any atom is 3.00 e. The summed E-state index contributed by atoms with van der Waals surface area (Å²) in [5.41, 5.74) is -0.653. The van der Waals surface area contributed by atoms with Gasteiger partial charge in [-0.2, -0.15) is 0 Å². The van der Waals surface area contributed by atoms with Crippen LogP contribution in [0.2, 0.25) is 0 Å². The Morgan fingerprint density at radius 3 is 0.750 bits per heavy atom. The number of hydrogen-bond acceptors (Lipinski definition) is 12. The van der Waals surface area contributed by atoms with Crippen molar-refractivity contribution in [3.05, 3.63) is 170 Å². The van der Waals surface area contributed by atoms with Crippen LogP contribution in [0.4, 0.5) is 0 Å². The molecule has 0 atom stereocenters. The maximum absolute atomic E-state index is 10.4. The first kappa shape index (κ1) is 49.3. The maximum atomic E-state index is 10.4. The number of carbonyl (C=O) groups is 2. The van der Waals surface area contributed by atoms with Crippen LogP contribution in [-0.4, -0.2) is 47.3 Å². The zero-order chi connectivity index (χ0) is 32.1. The van der Waals surface area contributed by atoms with Crippen LogP contribution in [0.5, 0.6) is 11.8 Å². The van der Waals surface area contributed by atoms with Gasteiger partial charge < -0.3 is 41.0 Å². The quantitative estimate of drug-likeness (QED) is 0.219. The fourth-order valence-corrected chi connectivity index (χ4v) is 2.31. The molecule has 0 saturated heterocycles. The number of carboxylic acid groups (broad SMARTS) is 2. The SMILES string of the molecule is O.O=C([O-])c1cccc([O-])n1.O=C([O-])c1cccc([O-])n1.[Mn+3].[Mn+3].[O-2].c1ccncc1.c1ccncc1.c1ccncc1.c1ccncc1. The van der Waals surface area contributed by atoms with Crippen molar-refractivity contribution in [1.29, 1.82) is 0 Å². The molecule has 248 valence electrons. The van der Waals surface area contributed by atoms with Gasteiger partial charge in [0.1, 0.15) is 0 Å². The zero-order valence-corrected chi connectivity index (χ0v) is 27.2. The van der Waals surface area contributed by atoms with E-state index in [1.165, 1.54) is 36.4 Å². The molecule has 0 bridgehead atoms. The van der Waals surface area contributed by atoms with Gasteiger partial charge in [-0.05, 0) is 72.4 Å². The van der Waals surface area contributed by atoms with Gasteiger partial charge in [0.25, 0.3) is 0 Å². The minimum Gasteiger partial charge on any atom is -2.00 e. The molecule has 0 aromatic carbocycles. The Kier molecular flexibility index (Phi) is 35.2. The molecule has 0 aliphatic rings. The van der Waals surface area contributed by atoms with Crippen LogP contribution in [-0.2, 0) is 39.6 Å². The van der Waals surface area contributed by atoms with Crippen molar-refractivity contribution < 1.29 is 75.1 Å². The first-order chi connectivity index (χ1) is 21.4. The summed E-state index contributed by atoms with van der Waals surface area (Å²) in [4.78, 5) is 41.5. The summed E-state index contributed by atoms with van der Waals surface area (Å²) in [6.07, 6.45) is 14.0. The van der Waals surface area contributed by atoms with E-state index in [-0.39, 0.29) is 56.5 Å². The minimum atomic E-state index is -1.43. The van der Waals surface area contributed by atoms with Crippen molar-refractivity contribution in [3.63, 3.8) is 0 Å². The first-order valence-corrected chi connectivity index (χ1v) is 12.5. The van der Waals surface area contributed by atoms with E-state index >= 15 is 0 Å². The fraction of sp³-hybridized carbons (Fsp3) is 0. The third-order valence-electron chi connectivity index (χ3n) is 4.13. The van der Waals surface area contributed by atoms with Gasteiger partial charge in [-0.15, -0.1) is 0 Å². The molecular formula is C32H28Mn2N6O8. The van der Waals surface area contributed by atoms with E-state index < -0.39 is 23.7 Å². The van der Waals surface area contributed by atoms with Crippen LogP contribution >= 0.6 is 0 Å². The number of carboxylic acids is 2. The molecule has 0 amide bonds. The molecule has 6 rings (SSSR count). The van der Waals surface area contributed by atoms with Crippen LogP contribution in [0.15, 0.2) is 159 Å². The molecule has 48 heavy (non-hydrogen) atoms. The van der Waals surface area contributed by atoms with E-state index in [0.717, 1.165) is 0 Å². The summed E-state index contributed by atoms with van der Waals surface area (Å²) in [7, 11) is 0. The Labute approximate surface area is 297 Å². The largest absolute Gasteiger partial charge is 3.00 e. The second kappa shape index (κ2) is 34.3. The van der Waals surface area contributed by atoms with Gasteiger partial charge in [0.2, 0.25) is 0 Å². The van der Waals surface area contributed by atoms with E-state index in [9.17, 15) is 30.0 Å². The van der Waals surface area contributed by atoms with E-state index in [2.05, 4.69) is 29.9 Å². The summed E-state index contributed by atoms with van der Waals surface area (Å²) < 4.78 is 0. The Bertz CT molecular complexity index is 1260. The van der Waals surface area contributed by atoms with E-state index in [4.69, 9.17) is 0 Å². The van der Waals surface area contributed by atoms with Crippen molar-refractivity contribution in [3.8, 4) is 11.8 Å². The van der Waals surface area contributed by atoms with Gasteiger partial charge in [-0.3, -0.25) is 29.9 Å². The molecular weight excluding hydrogens is 706 g/mol. The van der Waals surface area contributed by atoms with Crippen LogP contribution in [0.1, 0.15) is 21.0 Å². The van der Waals surface area contributed by atoms with Gasteiger partial charge >= 0.3 is 34.1 Å². The summed E-state index contributed by atoms with van der Waals surface area (Å²) in [5.74, 6) is -4.00. The molecule has 2 N–H and O–H groups in total. The van der Waals surface area contributed by atoms with E-state index in [1.54, 1.807) is 49.6 Å². The topological polar surface area (TPSA) is 264 Å². The summed E-state index contributed by atoms with van der Waals surface area (Å²) in [6, 6.07) is 30.3. The van der Waals surface area contributed by atoms with Gasteiger partial charge in [0, 0.05) is 49.6 Å². The number of hydrogen-bond donors (Lipinski definition) is 0. The molecule has 0 unspecified atom stereocenters. The number of rotatable bonds is 2.